The first-order chi connectivity index (χ1) is 12.5. The molecule has 1 amide bonds. The van der Waals surface area contributed by atoms with Crippen LogP contribution in [0.15, 0.2) is 24.3 Å². The largest absolute Gasteiger partial charge is 0.484 e. The fourth-order valence-corrected chi connectivity index (χ4v) is 4.62. The molecule has 0 unspecified atom stereocenters. The van der Waals surface area contributed by atoms with Crippen LogP contribution in [-0.2, 0) is 4.79 Å². The molecule has 140 valence electrons. The van der Waals surface area contributed by atoms with Gasteiger partial charge in [-0.3, -0.25) is 9.59 Å². The molecule has 5 heteroatoms. The highest BCUT2D eigenvalue weighted by Crippen LogP contribution is 2.39. The lowest BCUT2D eigenvalue weighted by atomic mass is 9.89. The van der Waals surface area contributed by atoms with Gasteiger partial charge < -0.3 is 14.5 Å². The summed E-state index contributed by atoms with van der Waals surface area (Å²) in [5.74, 6) is 1.17. The van der Waals surface area contributed by atoms with Gasteiger partial charge in [0.05, 0.1) is 18.5 Å². The monoisotopic (exact) mass is 356 g/mol. The second kappa shape index (κ2) is 6.69. The molecule has 0 saturated carbocycles. The van der Waals surface area contributed by atoms with Crippen molar-refractivity contribution in [2.24, 2.45) is 5.92 Å². The molecule has 26 heavy (non-hydrogen) atoms. The van der Waals surface area contributed by atoms with E-state index in [1.807, 2.05) is 29.2 Å². The Bertz CT molecular complexity index is 709. The lowest BCUT2D eigenvalue weighted by Crippen LogP contribution is -2.47. The predicted molar refractivity (Wildman–Crippen MR) is 99.4 cm³/mol. The number of rotatable bonds is 2. The molecule has 3 aliphatic rings. The van der Waals surface area contributed by atoms with E-state index in [-0.39, 0.29) is 17.6 Å². The maximum absolute atomic E-state index is 13.0. The van der Waals surface area contributed by atoms with E-state index in [9.17, 15) is 9.59 Å². The highest BCUT2D eigenvalue weighted by molar-refractivity contribution is 6.00. The van der Waals surface area contributed by atoms with Gasteiger partial charge in [0.1, 0.15) is 11.4 Å². The summed E-state index contributed by atoms with van der Waals surface area (Å²) in [5.41, 5.74) is 0.142. The summed E-state index contributed by atoms with van der Waals surface area (Å²) in [5, 5.41) is 0. The van der Waals surface area contributed by atoms with Crippen molar-refractivity contribution >= 4 is 11.7 Å². The molecule has 2 saturated heterocycles. The van der Waals surface area contributed by atoms with E-state index in [1.54, 1.807) is 0 Å². The van der Waals surface area contributed by atoms with E-state index >= 15 is 0 Å². The summed E-state index contributed by atoms with van der Waals surface area (Å²) in [6.45, 7) is 7.64. The number of carbonyl (C=O) groups is 2. The summed E-state index contributed by atoms with van der Waals surface area (Å²) in [4.78, 5) is 29.9. The fourth-order valence-electron chi connectivity index (χ4n) is 4.62. The number of ketones is 1. The van der Waals surface area contributed by atoms with Crippen molar-refractivity contribution in [3.05, 3.63) is 29.8 Å². The third-order valence-electron chi connectivity index (χ3n) is 6.23. The topological polar surface area (TPSA) is 49.9 Å². The lowest BCUT2D eigenvalue weighted by molar-refractivity contribution is -0.137. The number of amides is 1. The minimum Gasteiger partial charge on any atom is -0.484 e. The second-order valence-electron chi connectivity index (χ2n) is 8.29. The van der Waals surface area contributed by atoms with Crippen LogP contribution in [0.5, 0.6) is 5.75 Å². The molecule has 3 heterocycles. The highest BCUT2D eigenvalue weighted by atomic mass is 16.5. The molecule has 1 spiro atoms. The van der Waals surface area contributed by atoms with E-state index in [4.69, 9.17) is 4.74 Å². The van der Waals surface area contributed by atoms with Gasteiger partial charge in [-0.15, -0.1) is 0 Å². The molecule has 1 aromatic carbocycles. The Morgan fingerprint density at radius 2 is 1.92 bits per heavy atom. The van der Waals surface area contributed by atoms with Crippen molar-refractivity contribution in [3.63, 3.8) is 0 Å². The molecular formula is C21H28N2O3. The zero-order chi connectivity index (χ0) is 18.3. The van der Waals surface area contributed by atoms with Crippen molar-refractivity contribution in [3.8, 4) is 5.75 Å². The molecule has 3 aliphatic heterocycles. The molecule has 0 N–H and O–H groups in total. The average Bonchev–Trinajstić information content (AvgIpc) is 3.04. The van der Waals surface area contributed by atoms with E-state index in [2.05, 4.69) is 18.7 Å². The van der Waals surface area contributed by atoms with Crippen LogP contribution < -0.4 is 4.74 Å². The van der Waals surface area contributed by atoms with Crippen LogP contribution in [0.1, 0.15) is 49.9 Å². The Kier molecular flexibility index (Phi) is 4.51. The number of Topliss-reactive ketones (excluding diaryl/α,β-unsaturated/α-hetero) is 1. The van der Waals surface area contributed by atoms with Gasteiger partial charge >= 0.3 is 0 Å². The number of nitrogens with zero attached hydrogens (tertiary/aromatic N) is 2. The van der Waals surface area contributed by atoms with Crippen molar-refractivity contribution in [2.45, 2.75) is 51.2 Å². The Morgan fingerprint density at radius 1 is 1.19 bits per heavy atom. The van der Waals surface area contributed by atoms with Gasteiger partial charge in [-0.25, -0.2) is 0 Å². The molecule has 0 aromatic heterocycles. The lowest BCUT2D eigenvalue weighted by Gasteiger charge is -2.37. The zero-order valence-electron chi connectivity index (χ0n) is 15.7. The molecule has 2 fully saturated rings. The summed E-state index contributed by atoms with van der Waals surface area (Å²) < 4.78 is 6.24. The number of hydrogen-bond donors (Lipinski definition) is 0. The first-order valence-electron chi connectivity index (χ1n) is 9.81. The number of fused-ring (bicyclic) bond motifs is 1. The standard InChI is InChI=1S/C21H28N2O3/c1-15(2)22-10-7-16(8-11-22)20(25)23-12-9-21(14-23)13-18(24)17-5-3-4-6-19(17)26-21/h3-6,15-16H,7-14H2,1-2H3/t21-/m0/s1. The molecule has 0 radical (unpaired) electrons. The number of piperidine rings is 1. The molecule has 0 aliphatic carbocycles. The van der Waals surface area contributed by atoms with Gasteiger partial charge in [-0.1, -0.05) is 12.1 Å². The minimum atomic E-state index is -0.528. The Labute approximate surface area is 155 Å². The third-order valence-corrected chi connectivity index (χ3v) is 6.23. The highest BCUT2D eigenvalue weighted by Gasteiger charge is 2.47. The Hall–Kier alpha value is -1.88. The second-order valence-corrected chi connectivity index (χ2v) is 8.29. The van der Waals surface area contributed by atoms with Crippen LogP contribution in [0.25, 0.3) is 0 Å². The summed E-state index contributed by atoms with van der Waals surface area (Å²) in [7, 11) is 0. The number of carbonyl (C=O) groups excluding carboxylic acids is 2. The van der Waals surface area contributed by atoms with Gasteiger partial charge in [0.25, 0.3) is 0 Å². The number of benzene rings is 1. The Morgan fingerprint density at radius 3 is 2.65 bits per heavy atom. The van der Waals surface area contributed by atoms with Gasteiger partial charge in [-0.2, -0.15) is 0 Å². The van der Waals surface area contributed by atoms with E-state index in [1.165, 1.54) is 0 Å². The first-order valence-corrected chi connectivity index (χ1v) is 9.81. The van der Waals surface area contributed by atoms with E-state index in [0.29, 0.717) is 36.9 Å². The SMILES string of the molecule is CC(C)N1CCC(C(=O)N2CC[C@]3(CC(=O)c4ccccc4O3)C2)CC1. The Balaban J connectivity index is 1.41. The maximum Gasteiger partial charge on any atom is 0.225 e. The summed E-state index contributed by atoms with van der Waals surface area (Å²) in [6, 6.07) is 7.99. The van der Waals surface area contributed by atoms with Gasteiger partial charge in [0, 0.05) is 24.9 Å². The van der Waals surface area contributed by atoms with Gasteiger partial charge in [0.2, 0.25) is 5.91 Å². The van der Waals surface area contributed by atoms with Crippen LogP contribution in [0.4, 0.5) is 0 Å². The van der Waals surface area contributed by atoms with Crippen molar-refractivity contribution in [1.82, 2.24) is 9.80 Å². The molecule has 1 atom stereocenters. The quantitative estimate of drug-likeness (QED) is 0.818. The van der Waals surface area contributed by atoms with Crippen LogP contribution in [0.3, 0.4) is 0 Å². The number of ether oxygens (including phenoxy) is 1. The van der Waals surface area contributed by atoms with E-state index in [0.717, 1.165) is 32.4 Å². The van der Waals surface area contributed by atoms with E-state index < -0.39 is 5.60 Å². The molecule has 1 aromatic rings. The molecule has 5 nitrogen and oxygen atoms in total. The van der Waals surface area contributed by atoms with Crippen molar-refractivity contribution in [1.29, 1.82) is 0 Å². The number of hydrogen-bond acceptors (Lipinski definition) is 4. The third kappa shape index (κ3) is 3.13. The fraction of sp³-hybridized carbons (Fsp3) is 0.619. The van der Waals surface area contributed by atoms with Crippen molar-refractivity contribution < 1.29 is 14.3 Å². The number of para-hydroxylation sites is 1. The molecule has 4 rings (SSSR count). The first kappa shape index (κ1) is 17.5. The average molecular weight is 356 g/mol. The molecule has 0 bridgehead atoms. The van der Waals surface area contributed by atoms with Crippen LogP contribution in [0, 0.1) is 5.92 Å². The minimum absolute atomic E-state index is 0.117. The normalized spacial score (nSPS) is 27.0. The van der Waals surface area contributed by atoms with Crippen molar-refractivity contribution in [2.75, 3.05) is 26.2 Å². The van der Waals surface area contributed by atoms with Crippen LogP contribution in [0.2, 0.25) is 0 Å². The van der Waals surface area contributed by atoms with Crippen LogP contribution >= 0.6 is 0 Å². The summed E-state index contributed by atoms with van der Waals surface area (Å²) in [6.07, 6.45) is 2.98. The summed E-state index contributed by atoms with van der Waals surface area (Å²) >= 11 is 0. The molecular weight excluding hydrogens is 328 g/mol. The maximum atomic E-state index is 13.0. The predicted octanol–water partition coefficient (Wildman–Crippen LogP) is 2.74. The van der Waals surface area contributed by atoms with Crippen LogP contribution in [-0.4, -0.2) is 59.3 Å². The van der Waals surface area contributed by atoms with Gasteiger partial charge in [-0.05, 0) is 51.9 Å². The smallest absolute Gasteiger partial charge is 0.225 e. The zero-order valence-corrected chi connectivity index (χ0v) is 15.7. The number of likely N-dealkylation sites (tertiary alicyclic amines) is 2. The van der Waals surface area contributed by atoms with Gasteiger partial charge in [0.15, 0.2) is 5.78 Å².